The molecule has 2 fully saturated rings. The monoisotopic (exact) mass is 568 g/mol. The second kappa shape index (κ2) is 12.2. The van der Waals surface area contributed by atoms with E-state index in [1.807, 2.05) is 12.1 Å². The van der Waals surface area contributed by atoms with Crippen molar-refractivity contribution in [1.82, 2.24) is 20.2 Å². The van der Waals surface area contributed by atoms with Crippen LogP contribution >= 0.6 is 0 Å². The van der Waals surface area contributed by atoms with Gasteiger partial charge >= 0.3 is 0 Å². The Balaban J connectivity index is 1.14. The van der Waals surface area contributed by atoms with Crippen LogP contribution in [0.5, 0.6) is 0 Å². The molecule has 3 N–H and O–H groups in total. The molecule has 0 saturated heterocycles. The summed E-state index contributed by atoms with van der Waals surface area (Å²) in [6, 6.07) is 11.8. The first-order valence-electron chi connectivity index (χ1n) is 14.2. The summed E-state index contributed by atoms with van der Waals surface area (Å²) in [4.78, 5) is 25.2. The highest BCUT2D eigenvalue weighted by Crippen LogP contribution is 2.35. The molecule has 2 saturated carbocycles. The van der Waals surface area contributed by atoms with Crippen LogP contribution in [-0.2, 0) is 16.4 Å². The molecule has 10 heteroatoms. The first kappa shape index (κ1) is 28.4. The van der Waals surface area contributed by atoms with Crippen molar-refractivity contribution in [3.05, 3.63) is 75.5 Å². The molecule has 0 unspecified atom stereocenters. The lowest BCUT2D eigenvalue weighted by atomic mass is 9.76. The number of nitrogens with one attached hydrogen (secondary N) is 3. The van der Waals surface area contributed by atoms with E-state index in [-0.39, 0.29) is 23.2 Å². The minimum atomic E-state index is -3.16. The molecule has 1 heterocycles. The number of amides is 1. The van der Waals surface area contributed by atoms with E-state index < -0.39 is 21.7 Å². The maximum Gasteiger partial charge on any atom is 0.272 e. The number of fused-ring (bicyclic) bond motifs is 1. The number of carbonyl (C=O) groups is 1. The molecule has 5 rings (SSSR count). The summed E-state index contributed by atoms with van der Waals surface area (Å²) < 4.78 is 40.4. The molecule has 2 aliphatic rings. The average Bonchev–Trinajstić information content (AvgIpc) is 2.93. The number of sulfonamides is 1. The fourth-order valence-electron chi connectivity index (χ4n) is 6.45. The number of halogens is 1. The lowest BCUT2D eigenvalue weighted by Gasteiger charge is -2.34. The van der Waals surface area contributed by atoms with E-state index in [1.54, 1.807) is 24.3 Å². The number of H-pyrrole nitrogens is 1. The Morgan fingerprint density at radius 1 is 0.950 bits per heavy atom. The SMILES string of the molecule is CS(=O)(=O)NC1CCC(CC2CCC(NC(=O)c3cc(Cc4n[nH]c(=O)c5ccccc45)ccc3F)CC2)CC1. The molecule has 1 amide bonds. The van der Waals surface area contributed by atoms with Crippen molar-refractivity contribution in [2.24, 2.45) is 11.8 Å². The Hall–Kier alpha value is -3.11. The van der Waals surface area contributed by atoms with Crippen LogP contribution in [-0.4, -0.2) is 42.9 Å². The van der Waals surface area contributed by atoms with Gasteiger partial charge in [0.25, 0.3) is 11.5 Å². The third-order valence-electron chi connectivity index (χ3n) is 8.50. The van der Waals surface area contributed by atoms with Gasteiger partial charge in [0, 0.05) is 23.9 Å². The summed E-state index contributed by atoms with van der Waals surface area (Å²) in [5, 5.41) is 11.0. The summed E-state index contributed by atoms with van der Waals surface area (Å²) in [5.41, 5.74) is 1.16. The van der Waals surface area contributed by atoms with Gasteiger partial charge in [0.2, 0.25) is 10.0 Å². The maximum atomic E-state index is 14.7. The summed E-state index contributed by atoms with van der Waals surface area (Å²) in [5.74, 6) is 0.269. The lowest BCUT2D eigenvalue weighted by Crippen LogP contribution is -2.39. The van der Waals surface area contributed by atoms with Crippen LogP contribution in [0.1, 0.15) is 79.4 Å². The number of rotatable bonds is 8. The number of hydrogen-bond acceptors (Lipinski definition) is 5. The molecule has 3 aromatic rings. The number of hydrogen-bond donors (Lipinski definition) is 3. The Morgan fingerprint density at radius 3 is 2.23 bits per heavy atom. The van der Waals surface area contributed by atoms with Crippen LogP contribution in [0.25, 0.3) is 10.8 Å². The predicted molar refractivity (Wildman–Crippen MR) is 153 cm³/mol. The standard InChI is InChI=1S/C30H37FN4O4S/c1-40(38,39)35-23-13-8-20(9-14-23)16-19-6-11-22(12-7-19)32-29(36)26-17-21(10-15-27(26)31)18-28-24-4-2-3-5-25(24)30(37)34-33-28/h2-5,10,15,17,19-20,22-23,35H,6-9,11-14,16,18H2,1H3,(H,32,36)(H,34,37). The molecule has 1 aromatic heterocycles. The smallest absolute Gasteiger partial charge is 0.272 e. The topological polar surface area (TPSA) is 121 Å². The number of nitrogens with zero attached hydrogens (tertiary/aromatic N) is 1. The fourth-order valence-corrected chi connectivity index (χ4v) is 7.29. The van der Waals surface area contributed by atoms with Crippen molar-refractivity contribution in [1.29, 1.82) is 0 Å². The van der Waals surface area contributed by atoms with Gasteiger partial charge in [0.05, 0.1) is 22.9 Å². The molecule has 0 bridgehead atoms. The zero-order chi connectivity index (χ0) is 28.3. The van der Waals surface area contributed by atoms with Gasteiger partial charge in [0.1, 0.15) is 5.82 Å². The van der Waals surface area contributed by atoms with E-state index in [2.05, 4.69) is 20.2 Å². The Bertz CT molecular complexity index is 1520. The quantitative estimate of drug-likeness (QED) is 0.371. The van der Waals surface area contributed by atoms with Crippen LogP contribution in [0.2, 0.25) is 0 Å². The van der Waals surface area contributed by atoms with E-state index in [4.69, 9.17) is 0 Å². The van der Waals surface area contributed by atoms with Crippen LogP contribution in [0.3, 0.4) is 0 Å². The van der Waals surface area contributed by atoms with E-state index in [0.29, 0.717) is 29.3 Å². The molecule has 8 nitrogen and oxygen atoms in total. The number of carbonyl (C=O) groups excluding carboxylic acids is 1. The number of benzene rings is 2. The zero-order valence-electron chi connectivity index (χ0n) is 22.8. The van der Waals surface area contributed by atoms with E-state index >= 15 is 0 Å². The fraction of sp³-hybridized carbons (Fsp3) is 0.500. The van der Waals surface area contributed by atoms with Gasteiger partial charge in [-0.25, -0.2) is 22.6 Å². The van der Waals surface area contributed by atoms with Gasteiger partial charge in [-0.3, -0.25) is 9.59 Å². The molecule has 0 atom stereocenters. The molecular weight excluding hydrogens is 531 g/mol. The van der Waals surface area contributed by atoms with Gasteiger partial charge in [-0.15, -0.1) is 0 Å². The molecule has 40 heavy (non-hydrogen) atoms. The Morgan fingerprint density at radius 2 is 1.57 bits per heavy atom. The third kappa shape index (κ3) is 7.14. The lowest BCUT2D eigenvalue weighted by molar-refractivity contribution is 0.0914. The van der Waals surface area contributed by atoms with Crippen molar-refractivity contribution >= 4 is 26.7 Å². The number of aromatic amines is 1. The summed E-state index contributed by atoms with van der Waals surface area (Å²) in [6.07, 6.45) is 10.4. The molecule has 2 aliphatic carbocycles. The van der Waals surface area contributed by atoms with Crippen molar-refractivity contribution in [2.75, 3.05) is 6.26 Å². The second-order valence-corrected chi connectivity index (χ2v) is 13.4. The molecular formula is C30H37FN4O4S. The van der Waals surface area contributed by atoms with Gasteiger partial charge in [-0.2, -0.15) is 5.10 Å². The van der Waals surface area contributed by atoms with Gasteiger partial charge in [0.15, 0.2) is 0 Å². The van der Waals surface area contributed by atoms with Gasteiger partial charge in [-0.05, 0) is 93.4 Å². The van der Waals surface area contributed by atoms with E-state index in [0.717, 1.165) is 68.7 Å². The van der Waals surface area contributed by atoms with E-state index in [9.17, 15) is 22.4 Å². The minimum absolute atomic E-state index is 0.0197. The van der Waals surface area contributed by atoms with Crippen LogP contribution in [0, 0.1) is 17.7 Å². The van der Waals surface area contributed by atoms with Crippen molar-refractivity contribution < 1.29 is 17.6 Å². The average molecular weight is 569 g/mol. The minimum Gasteiger partial charge on any atom is -0.349 e. The van der Waals surface area contributed by atoms with Crippen molar-refractivity contribution in [2.45, 2.75) is 76.3 Å². The second-order valence-electron chi connectivity index (χ2n) is 11.6. The number of aromatic nitrogens is 2. The molecule has 0 radical (unpaired) electrons. The Labute approximate surface area is 234 Å². The van der Waals surface area contributed by atoms with Crippen molar-refractivity contribution in [3.8, 4) is 0 Å². The molecule has 0 spiro atoms. The van der Waals surface area contributed by atoms with Crippen LogP contribution in [0.15, 0.2) is 47.3 Å². The summed E-state index contributed by atoms with van der Waals surface area (Å²) in [7, 11) is -3.16. The molecule has 214 valence electrons. The zero-order valence-corrected chi connectivity index (χ0v) is 23.6. The highest BCUT2D eigenvalue weighted by atomic mass is 32.2. The van der Waals surface area contributed by atoms with Crippen LogP contribution in [0.4, 0.5) is 4.39 Å². The third-order valence-corrected chi connectivity index (χ3v) is 9.26. The summed E-state index contributed by atoms with van der Waals surface area (Å²) >= 11 is 0. The van der Waals surface area contributed by atoms with Crippen molar-refractivity contribution in [3.63, 3.8) is 0 Å². The molecule has 0 aliphatic heterocycles. The highest BCUT2D eigenvalue weighted by Gasteiger charge is 2.29. The normalized spacial score (nSPS) is 23.6. The highest BCUT2D eigenvalue weighted by molar-refractivity contribution is 7.88. The predicted octanol–water partition coefficient (Wildman–Crippen LogP) is 4.44. The summed E-state index contributed by atoms with van der Waals surface area (Å²) in [6.45, 7) is 0. The first-order valence-corrected chi connectivity index (χ1v) is 16.1. The van der Waals surface area contributed by atoms with Gasteiger partial charge < -0.3 is 5.32 Å². The van der Waals surface area contributed by atoms with Crippen LogP contribution < -0.4 is 15.6 Å². The molecule has 2 aromatic carbocycles. The largest absolute Gasteiger partial charge is 0.349 e. The first-order chi connectivity index (χ1) is 19.1. The Kier molecular flexibility index (Phi) is 8.65. The van der Waals surface area contributed by atoms with E-state index in [1.165, 1.54) is 12.3 Å². The van der Waals surface area contributed by atoms with Gasteiger partial charge in [-0.1, -0.05) is 24.3 Å². The maximum absolute atomic E-state index is 14.7.